The van der Waals surface area contributed by atoms with Gasteiger partial charge >= 0.3 is 5.97 Å². The number of rotatable bonds is 5. The molecule has 3 heterocycles. The Labute approximate surface area is 153 Å². The van der Waals surface area contributed by atoms with E-state index in [4.69, 9.17) is 10.5 Å². The summed E-state index contributed by atoms with van der Waals surface area (Å²) in [6.45, 7) is 4.34. The third kappa shape index (κ3) is 3.56. The lowest BCUT2D eigenvalue weighted by Crippen LogP contribution is -2.45. The lowest BCUT2D eigenvalue weighted by Gasteiger charge is -2.40. The van der Waals surface area contributed by atoms with Crippen molar-refractivity contribution in [1.82, 2.24) is 9.97 Å². The molecule has 8 nitrogen and oxygen atoms in total. The van der Waals surface area contributed by atoms with Crippen LogP contribution in [0.1, 0.15) is 32.1 Å². The highest BCUT2D eigenvalue weighted by atomic mass is 16.5. The number of aliphatic carboxylic acids is 1. The Morgan fingerprint density at radius 2 is 1.73 bits per heavy atom. The Balaban J connectivity index is 1.48. The van der Waals surface area contributed by atoms with Gasteiger partial charge in [0.15, 0.2) is 0 Å². The monoisotopic (exact) mass is 361 g/mol. The van der Waals surface area contributed by atoms with Gasteiger partial charge in [-0.05, 0) is 25.2 Å². The first-order chi connectivity index (χ1) is 12.6. The molecule has 3 fully saturated rings. The fourth-order valence-corrected chi connectivity index (χ4v) is 4.10. The highest BCUT2D eigenvalue weighted by Crippen LogP contribution is 2.46. The van der Waals surface area contributed by atoms with E-state index in [1.807, 2.05) is 6.07 Å². The van der Waals surface area contributed by atoms with Crippen LogP contribution in [0.2, 0.25) is 0 Å². The van der Waals surface area contributed by atoms with E-state index in [0.29, 0.717) is 45.1 Å². The van der Waals surface area contributed by atoms with Gasteiger partial charge in [0.05, 0.1) is 18.6 Å². The number of nitrogen functional groups attached to an aromatic ring is 1. The summed E-state index contributed by atoms with van der Waals surface area (Å²) in [4.78, 5) is 25.0. The van der Waals surface area contributed by atoms with Gasteiger partial charge in [-0.3, -0.25) is 4.79 Å². The van der Waals surface area contributed by atoms with Crippen molar-refractivity contribution in [2.24, 2.45) is 11.3 Å². The van der Waals surface area contributed by atoms with E-state index in [9.17, 15) is 9.90 Å². The highest BCUT2D eigenvalue weighted by Gasteiger charge is 2.45. The molecule has 8 heteroatoms. The minimum absolute atomic E-state index is 0.261. The standard InChI is InChI=1S/C18H27N5O3/c19-17-20-14(11-15(21-17)23-7-9-26-10-8-23)22-5-3-18(4-6-22,16(24)25)12-13-1-2-13/h11,13H,1-10,12H2,(H,24,25)(H2,19,20,21). The maximum atomic E-state index is 11.9. The molecule has 1 aliphatic carbocycles. The van der Waals surface area contributed by atoms with Gasteiger partial charge in [-0.25, -0.2) is 0 Å². The van der Waals surface area contributed by atoms with Crippen LogP contribution < -0.4 is 15.5 Å². The molecular formula is C18H27N5O3. The largest absolute Gasteiger partial charge is 0.481 e. The van der Waals surface area contributed by atoms with Crippen LogP contribution in [0, 0.1) is 11.3 Å². The lowest BCUT2D eigenvalue weighted by molar-refractivity contribution is -0.151. The number of aromatic nitrogens is 2. The number of hydrogen-bond donors (Lipinski definition) is 2. The van der Waals surface area contributed by atoms with E-state index in [0.717, 1.165) is 31.1 Å². The summed E-state index contributed by atoms with van der Waals surface area (Å²) in [5, 5.41) is 9.80. The van der Waals surface area contributed by atoms with Crippen molar-refractivity contribution in [3.63, 3.8) is 0 Å². The number of anilines is 3. The smallest absolute Gasteiger partial charge is 0.309 e. The number of morpholine rings is 1. The number of carboxylic acids is 1. The number of hydrogen-bond acceptors (Lipinski definition) is 7. The molecule has 3 N–H and O–H groups in total. The molecule has 0 bridgehead atoms. The minimum atomic E-state index is -0.639. The molecule has 3 aliphatic rings. The predicted molar refractivity (Wildman–Crippen MR) is 98.3 cm³/mol. The summed E-state index contributed by atoms with van der Waals surface area (Å²) in [5.41, 5.74) is 5.38. The van der Waals surface area contributed by atoms with Crippen LogP contribution in [0.3, 0.4) is 0 Å². The van der Waals surface area contributed by atoms with E-state index in [-0.39, 0.29) is 5.95 Å². The number of piperidine rings is 1. The van der Waals surface area contributed by atoms with E-state index in [1.54, 1.807) is 0 Å². The normalized spacial score (nSPS) is 23.1. The maximum absolute atomic E-state index is 11.9. The molecule has 0 spiro atoms. The second kappa shape index (κ2) is 6.90. The van der Waals surface area contributed by atoms with Crippen molar-refractivity contribution in [3.8, 4) is 0 Å². The van der Waals surface area contributed by atoms with Gasteiger partial charge in [-0.15, -0.1) is 0 Å². The van der Waals surface area contributed by atoms with Crippen molar-refractivity contribution >= 4 is 23.6 Å². The average Bonchev–Trinajstić information content (AvgIpc) is 3.46. The molecule has 1 aromatic heterocycles. The van der Waals surface area contributed by atoms with Crippen molar-refractivity contribution in [3.05, 3.63) is 6.07 Å². The first-order valence-electron chi connectivity index (χ1n) is 9.51. The molecule has 2 saturated heterocycles. The zero-order valence-corrected chi connectivity index (χ0v) is 15.1. The fraction of sp³-hybridized carbons (Fsp3) is 0.722. The Morgan fingerprint density at radius 3 is 2.27 bits per heavy atom. The molecule has 0 aromatic carbocycles. The molecule has 2 aliphatic heterocycles. The van der Waals surface area contributed by atoms with Gasteiger partial charge in [0.1, 0.15) is 11.6 Å². The second-order valence-electron chi connectivity index (χ2n) is 7.76. The quantitative estimate of drug-likeness (QED) is 0.810. The van der Waals surface area contributed by atoms with E-state index in [2.05, 4.69) is 19.8 Å². The van der Waals surface area contributed by atoms with Crippen molar-refractivity contribution in [1.29, 1.82) is 0 Å². The zero-order chi connectivity index (χ0) is 18.1. The summed E-state index contributed by atoms with van der Waals surface area (Å²) < 4.78 is 5.40. The fourth-order valence-electron chi connectivity index (χ4n) is 4.10. The van der Waals surface area contributed by atoms with Gasteiger partial charge < -0.3 is 25.4 Å². The number of nitrogens with two attached hydrogens (primary N) is 1. The van der Waals surface area contributed by atoms with Crippen LogP contribution in [-0.4, -0.2) is 60.4 Å². The second-order valence-corrected chi connectivity index (χ2v) is 7.76. The van der Waals surface area contributed by atoms with Crippen molar-refractivity contribution < 1.29 is 14.6 Å². The Morgan fingerprint density at radius 1 is 1.15 bits per heavy atom. The van der Waals surface area contributed by atoms with Gasteiger partial charge in [0.2, 0.25) is 5.95 Å². The zero-order valence-electron chi connectivity index (χ0n) is 15.1. The molecular weight excluding hydrogens is 334 g/mol. The summed E-state index contributed by atoms with van der Waals surface area (Å²) in [6, 6.07) is 1.97. The number of carboxylic acid groups (broad SMARTS) is 1. The summed E-state index contributed by atoms with van der Waals surface area (Å²) in [6.07, 6.45) is 4.51. The molecule has 0 radical (unpaired) electrons. The lowest BCUT2D eigenvalue weighted by atomic mass is 9.74. The molecule has 1 saturated carbocycles. The molecule has 1 aromatic rings. The summed E-state index contributed by atoms with van der Waals surface area (Å²) in [5.74, 6) is 1.85. The minimum Gasteiger partial charge on any atom is -0.481 e. The number of ether oxygens (including phenoxy) is 1. The van der Waals surface area contributed by atoms with Crippen LogP contribution >= 0.6 is 0 Å². The molecule has 4 rings (SSSR count). The molecule has 0 amide bonds. The predicted octanol–water partition coefficient (Wildman–Crippen LogP) is 1.37. The van der Waals surface area contributed by atoms with E-state index in [1.165, 1.54) is 12.8 Å². The van der Waals surface area contributed by atoms with Gasteiger partial charge in [0, 0.05) is 32.2 Å². The Hall–Kier alpha value is -2.09. The van der Waals surface area contributed by atoms with Crippen LogP contribution in [0.4, 0.5) is 17.6 Å². The number of nitrogens with zero attached hydrogens (tertiary/aromatic N) is 4. The Bertz CT molecular complexity index is 665. The van der Waals surface area contributed by atoms with E-state index >= 15 is 0 Å². The average molecular weight is 361 g/mol. The third-order valence-corrected chi connectivity index (χ3v) is 5.93. The third-order valence-electron chi connectivity index (χ3n) is 5.93. The van der Waals surface area contributed by atoms with E-state index < -0.39 is 11.4 Å². The SMILES string of the molecule is Nc1nc(N2CCOCC2)cc(N2CCC(CC3CC3)(C(=O)O)CC2)n1. The van der Waals surface area contributed by atoms with Crippen LogP contribution in [0.5, 0.6) is 0 Å². The maximum Gasteiger partial charge on any atom is 0.309 e. The molecule has 0 atom stereocenters. The van der Waals surface area contributed by atoms with Gasteiger partial charge in [0.25, 0.3) is 0 Å². The Kier molecular flexibility index (Phi) is 4.60. The van der Waals surface area contributed by atoms with Crippen LogP contribution in [-0.2, 0) is 9.53 Å². The molecule has 142 valence electrons. The van der Waals surface area contributed by atoms with Gasteiger partial charge in [-0.1, -0.05) is 12.8 Å². The highest BCUT2D eigenvalue weighted by molar-refractivity contribution is 5.75. The van der Waals surface area contributed by atoms with Crippen molar-refractivity contribution in [2.45, 2.75) is 32.1 Å². The molecule has 26 heavy (non-hydrogen) atoms. The first-order valence-corrected chi connectivity index (χ1v) is 9.51. The van der Waals surface area contributed by atoms with Crippen molar-refractivity contribution in [2.75, 3.05) is 54.9 Å². The topological polar surface area (TPSA) is 105 Å². The number of carbonyl (C=O) groups is 1. The van der Waals surface area contributed by atoms with Crippen LogP contribution in [0.25, 0.3) is 0 Å². The molecule has 0 unspecified atom stereocenters. The first kappa shape index (κ1) is 17.3. The summed E-state index contributed by atoms with van der Waals surface area (Å²) in [7, 11) is 0. The van der Waals surface area contributed by atoms with Crippen LogP contribution in [0.15, 0.2) is 6.07 Å². The van der Waals surface area contributed by atoms with Gasteiger partial charge in [-0.2, -0.15) is 9.97 Å². The summed E-state index contributed by atoms with van der Waals surface area (Å²) >= 11 is 0.